The van der Waals surface area contributed by atoms with Gasteiger partial charge in [-0.2, -0.15) is 0 Å². The Hall–Kier alpha value is 1.25. The van der Waals surface area contributed by atoms with E-state index >= 15 is 0 Å². The fraction of sp³-hybridized carbons (Fsp3) is 1.00. The third-order valence-electron chi connectivity index (χ3n) is 0.737. The van der Waals surface area contributed by atoms with Crippen molar-refractivity contribution in [2.75, 3.05) is 5.88 Å². The van der Waals surface area contributed by atoms with E-state index in [4.69, 9.17) is 11.6 Å². The van der Waals surface area contributed by atoms with E-state index in [1.54, 1.807) is 0 Å². The fourth-order valence-electron chi connectivity index (χ4n) is 0.344. The first-order chi connectivity index (χ1) is 2.91. The van der Waals surface area contributed by atoms with Crippen LogP contribution in [0.5, 0.6) is 0 Å². The van der Waals surface area contributed by atoms with Gasteiger partial charge in [0.2, 0.25) is 0 Å². The van der Waals surface area contributed by atoms with Crippen LogP contribution in [0.3, 0.4) is 0 Å². The molecule has 0 aliphatic rings. The normalized spacial score (nSPS) is 6.75. The van der Waals surface area contributed by atoms with E-state index in [1.165, 1.54) is 19.3 Å². The molecule has 0 aliphatic heterocycles. The average Bonchev–Trinajstić information content (AvgIpc) is 1.61. The maximum atomic E-state index is 5.38. The molecule has 46 valence electrons. The predicted octanol–water partition coefficient (Wildman–Crippen LogP) is -0.757. The van der Waals surface area contributed by atoms with Gasteiger partial charge in [-0.05, 0) is 6.42 Å². The van der Waals surface area contributed by atoms with E-state index < -0.39 is 0 Å². The van der Waals surface area contributed by atoms with Gasteiger partial charge in [0, 0.05) is 5.88 Å². The van der Waals surface area contributed by atoms with Crippen molar-refractivity contribution in [2.45, 2.75) is 26.2 Å². The summed E-state index contributed by atoms with van der Waals surface area (Å²) in [5.74, 6) is 0.827. The molecule has 0 unspecified atom stereocenters. The van der Waals surface area contributed by atoms with Gasteiger partial charge in [0.1, 0.15) is 0 Å². The summed E-state index contributed by atoms with van der Waals surface area (Å²) >= 11 is 5.38. The topological polar surface area (TPSA) is 30.0 Å². The summed E-state index contributed by atoms with van der Waals surface area (Å²) < 4.78 is 0. The van der Waals surface area contributed by atoms with Crippen molar-refractivity contribution < 1.29 is 35.0 Å². The molecule has 0 atom stereocenters. The van der Waals surface area contributed by atoms with E-state index in [1.807, 2.05) is 0 Å². The molecule has 0 rings (SSSR count). The van der Waals surface area contributed by atoms with Gasteiger partial charge in [-0.15, -0.1) is 11.6 Å². The Kier molecular flexibility index (Phi) is 31.7. The van der Waals surface area contributed by atoms with E-state index in [-0.39, 0.29) is 35.0 Å². The first-order valence-corrected chi connectivity index (χ1v) is 3.01. The first kappa shape index (κ1) is 16.1. The summed E-state index contributed by atoms with van der Waals surface area (Å²) in [5.41, 5.74) is 0. The SMILES string of the molecule is CCCCCCl.[Na+].[OH-]. The zero-order valence-electron chi connectivity index (χ0n) is 5.65. The van der Waals surface area contributed by atoms with E-state index in [2.05, 4.69) is 6.92 Å². The Labute approximate surface area is 78.4 Å². The van der Waals surface area contributed by atoms with Gasteiger partial charge in [0.25, 0.3) is 0 Å². The van der Waals surface area contributed by atoms with Crippen molar-refractivity contribution in [1.82, 2.24) is 0 Å². The monoisotopic (exact) mass is 146 g/mol. The molecule has 0 bridgehead atoms. The number of hydrogen-bond acceptors (Lipinski definition) is 1. The molecule has 0 radical (unpaired) electrons. The molecule has 0 amide bonds. The number of rotatable bonds is 3. The van der Waals surface area contributed by atoms with Gasteiger partial charge in [-0.3, -0.25) is 0 Å². The van der Waals surface area contributed by atoms with Gasteiger partial charge in [-0.25, -0.2) is 0 Å². The molecule has 0 aromatic rings. The standard InChI is InChI=1S/C5H11Cl.Na.H2O/c1-2-3-4-5-6;;/h2-5H2,1H3;;1H2/q;+1;/p-1. The molecule has 0 fully saturated rings. The maximum Gasteiger partial charge on any atom is 1.00 e. The molecule has 0 spiro atoms. The Balaban J connectivity index is -0.000000125. The minimum Gasteiger partial charge on any atom is -0.870 e. The van der Waals surface area contributed by atoms with Crippen LogP contribution in [0.4, 0.5) is 0 Å². The third-order valence-corrected chi connectivity index (χ3v) is 1.00. The second-order valence-electron chi connectivity index (χ2n) is 1.40. The first-order valence-electron chi connectivity index (χ1n) is 2.47. The molecular formula is C5H12ClNaO. The van der Waals surface area contributed by atoms with Crippen molar-refractivity contribution in [2.24, 2.45) is 0 Å². The van der Waals surface area contributed by atoms with Crippen molar-refractivity contribution in [3.05, 3.63) is 0 Å². The van der Waals surface area contributed by atoms with Crippen molar-refractivity contribution >= 4 is 11.6 Å². The van der Waals surface area contributed by atoms with E-state index in [9.17, 15) is 0 Å². The molecule has 1 nitrogen and oxygen atoms in total. The summed E-state index contributed by atoms with van der Waals surface area (Å²) in [4.78, 5) is 0. The van der Waals surface area contributed by atoms with Crippen molar-refractivity contribution in [3.8, 4) is 0 Å². The third kappa shape index (κ3) is 15.7. The van der Waals surface area contributed by atoms with E-state index in [0.29, 0.717) is 0 Å². The van der Waals surface area contributed by atoms with Crippen molar-refractivity contribution in [1.29, 1.82) is 0 Å². The van der Waals surface area contributed by atoms with Gasteiger partial charge in [0.05, 0.1) is 0 Å². The number of alkyl halides is 1. The van der Waals surface area contributed by atoms with Crippen LogP contribution in [-0.4, -0.2) is 11.4 Å². The zero-order valence-corrected chi connectivity index (χ0v) is 8.41. The van der Waals surface area contributed by atoms with Crippen LogP contribution in [0.2, 0.25) is 0 Å². The number of halogens is 1. The maximum absolute atomic E-state index is 5.38. The smallest absolute Gasteiger partial charge is 0.870 e. The molecule has 0 heterocycles. The van der Waals surface area contributed by atoms with Crippen LogP contribution >= 0.6 is 11.6 Å². The van der Waals surface area contributed by atoms with Crippen LogP contribution in [0.1, 0.15) is 26.2 Å². The minimum atomic E-state index is 0. The summed E-state index contributed by atoms with van der Waals surface area (Å²) in [6, 6.07) is 0. The van der Waals surface area contributed by atoms with Crippen molar-refractivity contribution in [3.63, 3.8) is 0 Å². The Morgan fingerprint density at radius 2 is 1.75 bits per heavy atom. The fourth-order valence-corrected chi connectivity index (χ4v) is 0.533. The van der Waals surface area contributed by atoms with Crippen LogP contribution in [0, 0.1) is 0 Å². The molecule has 0 aliphatic carbocycles. The molecule has 0 saturated carbocycles. The molecule has 8 heavy (non-hydrogen) atoms. The number of hydrogen-bond donors (Lipinski definition) is 0. The molecule has 3 heteroatoms. The Morgan fingerprint density at radius 3 is 1.88 bits per heavy atom. The quantitative estimate of drug-likeness (QED) is 0.293. The molecule has 0 aromatic heterocycles. The number of unbranched alkanes of at least 4 members (excludes halogenated alkanes) is 2. The second-order valence-corrected chi connectivity index (χ2v) is 1.77. The molecule has 0 saturated heterocycles. The molecule has 0 aromatic carbocycles. The zero-order chi connectivity index (χ0) is 4.83. The largest absolute Gasteiger partial charge is 1.00 e. The van der Waals surface area contributed by atoms with Crippen LogP contribution in [0.15, 0.2) is 0 Å². The van der Waals surface area contributed by atoms with Gasteiger partial charge >= 0.3 is 29.6 Å². The van der Waals surface area contributed by atoms with Gasteiger partial charge in [-0.1, -0.05) is 19.8 Å². The van der Waals surface area contributed by atoms with Crippen LogP contribution < -0.4 is 29.6 Å². The van der Waals surface area contributed by atoms with E-state index in [0.717, 1.165) is 5.88 Å². The molecule has 1 N–H and O–H groups in total. The Morgan fingerprint density at radius 1 is 1.25 bits per heavy atom. The van der Waals surface area contributed by atoms with Gasteiger partial charge < -0.3 is 5.48 Å². The summed E-state index contributed by atoms with van der Waals surface area (Å²) in [7, 11) is 0. The summed E-state index contributed by atoms with van der Waals surface area (Å²) in [6.45, 7) is 2.17. The minimum absolute atomic E-state index is 0. The molecular weight excluding hydrogens is 134 g/mol. The summed E-state index contributed by atoms with van der Waals surface area (Å²) in [5, 5.41) is 0. The Bertz CT molecular complexity index is 24.4. The predicted molar refractivity (Wildman–Crippen MR) is 32.2 cm³/mol. The van der Waals surface area contributed by atoms with Crippen LogP contribution in [-0.2, 0) is 0 Å². The average molecular weight is 147 g/mol. The second kappa shape index (κ2) is 15.7. The van der Waals surface area contributed by atoms with Crippen LogP contribution in [0.25, 0.3) is 0 Å². The van der Waals surface area contributed by atoms with Gasteiger partial charge in [0.15, 0.2) is 0 Å². The summed E-state index contributed by atoms with van der Waals surface area (Å²) in [6.07, 6.45) is 3.73.